The van der Waals surface area contributed by atoms with Crippen LogP contribution in [0.15, 0.2) is 30.5 Å². The Balaban J connectivity index is 1.80. The first kappa shape index (κ1) is 15.4. The minimum absolute atomic E-state index is 0.139. The summed E-state index contributed by atoms with van der Waals surface area (Å²) in [5.74, 6) is -0.436. The minimum Gasteiger partial charge on any atom is -0.377 e. The van der Waals surface area contributed by atoms with E-state index in [-0.39, 0.29) is 11.7 Å². The molecule has 0 spiro atoms. The molecule has 6 nitrogen and oxygen atoms in total. The molecule has 1 aromatic heterocycles. The Morgan fingerprint density at radius 3 is 3.04 bits per heavy atom. The van der Waals surface area contributed by atoms with Crippen LogP contribution in [0.2, 0.25) is 0 Å². The molecule has 0 atom stereocenters. The number of ether oxygens (including phenoxy) is 1. The number of hydrogen-bond acceptors (Lipinski definition) is 4. The van der Waals surface area contributed by atoms with Crippen LogP contribution in [0.5, 0.6) is 0 Å². The van der Waals surface area contributed by atoms with Crippen LogP contribution in [0.3, 0.4) is 0 Å². The summed E-state index contributed by atoms with van der Waals surface area (Å²) in [4.78, 5) is 10.9. The number of nitrogens with zero attached hydrogens (tertiary/aromatic N) is 3. The van der Waals surface area contributed by atoms with Gasteiger partial charge in [-0.15, -0.1) is 5.10 Å². The lowest BCUT2D eigenvalue weighted by Crippen LogP contribution is -2.19. The number of aromatic nitrogens is 3. The molecule has 23 heavy (non-hydrogen) atoms. The highest BCUT2D eigenvalue weighted by Gasteiger charge is 2.13. The predicted molar refractivity (Wildman–Crippen MR) is 82.3 cm³/mol. The van der Waals surface area contributed by atoms with E-state index in [1.54, 1.807) is 18.3 Å². The summed E-state index contributed by atoms with van der Waals surface area (Å²) in [6.07, 6.45) is 4.28. The normalized spacial score (nSPS) is 14.4. The third-order valence-corrected chi connectivity index (χ3v) is 3.59. The molecular formula is C16H17FN4O2. The SMILES string of the molecule is CC(=O)NCc1cn(-c2ccc(C3=CCOCC3)c(F)c2)nn1. The number of nitrogens with one attached hydrogen (secondary N) is 1. The van der Waals surface area contributed by atoms with Crippen molar-refractivity contribution in [1.82, 2.24) is 20.3 Å². The van der Waals surface area contributed by atoms with E-state index >= 15 is 0 Å². The van der Waals surface area contributed by atoms with Gasteiger partial charge in [-0.2, -0.15) is 0 Å². The zero-order chi connectivity index (χ0) is 16.2. The maximum Gasteiger partial charge on any atom is 0.217 e. The van der Waals surface area contributed by atoms with Gasteiger partial charge in [-0.3, -0.25) is 4.79 Å². The van der Waals surface area contributed by atoms with E-state index in [9.17, 15) is 9.18 Å². The summed E-state index contributed by atoms with van der Waals surface area (Å²) in [5, 5.41) is 10.6. The van der Waals surface area contributed by atoms with Crippen molar-refractivity contribution in [3.05, 3.63) is 47.5 Å². The monoisotopic (exact) mass is 316 g/mol. The quantitative estimate of drug-likeness (QED) is 0.934. The van der Waals surface area contributed by atoms with Crippen molar-refractivity contribution < 1.29 is 13.9 Å². The lowest BCUT2D eigenvalue weighted by Gasteiger charge is -2.14. The molecule has 120 valence electrons. The molecule has 1 aromatic carbocycles. The van der Waals surface area contributed by atoms with Gasteiger partial charge in [0.2, 0.25) is 5.91 Å². The zero-order valence-corrected chi connectivity index (χ0v) is 12.8. The van der Waals surface area contributed by atoms with Crippen LogP contribution >= 0.6 is 0 Å². The van der Waals surface area contributed by atoms with Gasteiger partial charge in [-0.1, -0.05) is 11.3 Å². The molecule has 0 saturated heterocycles. The highest BCUT2D eigenvalue weighted by atomic mass is 19.1. The number of amides is 1. The molecule has 1 amide bonds. The molecule has 1 aliphatic heterocycles. The van der Waals surface area contributed by atoms with E-state index in [0.717, 1.165) is 5.57 Å². The van der Waals surface area contributed by atoms with Crippen molar-refractivity contribution in [2.75, 3.05) is 13.2 Å². The number of carbonyl (C=O) groups excluding carboxylic acids is 1. The molecule has 1 aliphatic rings. The summed E-state index contributed by atoms with van der Waals surface area (Å²) in [5.41, 5.74) is 2.75. The molecule has 2 aromatic rings. The van der Waals surface area contributed by atoms with Gasteiger partial charge in [0.1, 0.15) is 11.5 Å². The van der Waals surface area contributed by atoms with E-state index in [1.807, 2.05) is 6.08 Å². The second kappa shape index (κ2) is 6.70. The molecule has 2 heterocycles. The van der Waals surface area contributed by atoms with E-state index in [1.165, 1.54) is 17.7 Å². The van der Waals surface area contributed by atoms with Crippen molar-refractivity contribution in [1.29, 1.82) is 0 Å². The smallest absolute Gasteiger partial charge is 0.217 e. The molecule has 3 rings (SSSR count). The highest BCUT2D eigenvalue weighted by molar-refractivity contribution is 5.72. The fraction of sp³-hybridized carbons (Fsp3) is 0.312. The van der Waals surface area contributed by atoms with E-state index in [0.29, 0.717) is 43.1 Å². The van der Waals surface area contributed by atoms with Gasteiger partial charge in [-0.05, 0) is 24.1 Å². The molecule has 0 unspecified atom stereocenters. The first-order valence-corrected chi connectivity index (χ1v) is 7.36. The Kier molecular flexibility index (Phi) is 4.47. The van der Waals surface area contributed by atoms with Crippen LogP contribution < -0.4 is 5.32 Å². The summed E-state index contributed by atoms with van der Waals surface area (Å²) < 4.78 is 21.1. The van der Waals surface area contributed by atoms with Gasteiger partial charge in [0.25, 0.3) is 0 Å². The Hall–Kier alpha value is -2.54. The fourth-order valence-corrected chi connectivity index (χ4v) is 2.40. The summed E-state index contributed by atoms with van der Waals surface area (Å²) in [6.45, 7) is 2.86. The molecular weight excluding hydrogens is 299 g/mol. The Morgan fingerprint density at radius 1 is 1.48 bits per heavy atom. The molecule has 0 radical (unpaired) electrons. The Morgan fingerprint density at radius 2 is 2.35 bits per heavy atom. The molecule has 0 bridgehead atoms. The van der Waals surface area contributed by atoms with Crippen LogP contribution in [-0.2, 0) is 16.1 Å². The Labute approximate surface area is 132 Å². The zero-order valence-electron chi connectivity index (χ0n) is 12.8. The average Bonchev–Trinajstić information content (AvgIpc) is 3.02. The van der Waals surface area contributed by atoms with Crippen LogP contribution in [0.4, 0.5) is 4.39 Å². The first-order chi connectivity index (χ1) is 11.1. The highest BCUT2D eigenvalue weighted by Crippen LogP contribution is 2.25. The third-order valence-electron chi connectivity index (χ3n) is 3.59. The lowest BCUT2D eigenvalue weighted by atomic mass is 10.0. The number of rotatable bonds is 4. The number of halogens is 1. The summed E-state index contributed by atoms with van der Waals surface area (Å²) >= 11 is 0. The van der Waals surface area contributed by atoms with Gasteiger partial charge in [0, 0.05) is 18.6 Å². The Bertz CT molecular complexity index is 754. The maximum absolute atomic E-state index is 14.4. The maximum atomic E-state index is 14.4. The van der Waals surface area contributed by atoms with Gasteiger partial charge in [0.15, 0.2) is 0 Å². The number of carbonyl (C=O) groups is 1. The summed E-state index contributed by atoms with van der Waals surface area (Å²) in [6, 6.07) is 4.98. The molecule has 7 heteroatoms. The van der Waals surface area contributed by atoms with Crippen molar-refractivity contribution in [3.8, 4) is 5.69 Å². The molecule has 1 N–H and O–H groups in total. The topological polar surface area (TPSA) is 69.0 Å². The van der Waals surface area contributed by atoms with Gasteiger partial charge in [-0.25, -0.2) is 9.07 Å². The predicted octanol–water partition coefficient (Wildman–Crippen LogP) is 1.85. The minimum atomic E-state index is -0.297. The lowest BCUT2D eigenvalue weighted by molar-refractivity contribution is -0.119. The van der Waals surface area contributed by atoms with Gasteiger partial charge in [0.05, 0.1) is 31.6 Å². The van der Waals surface area contributed by atoms with Crippen LogP contribution in [0, 0.1) is 5.82 Å². The second-order valence-corrected chi connectivity index (χ2v) is 5.28. The summed E-state index contributed by atoms with van der Waals surface area (Å²) in [7, 11) is 0. The standard InChI is InChI=1S/C16H17FN4O2/c1-11(22)18-9-13-10-21(20-19-13)14-2-3-15(16(17)8-14)12-4-6-23-7-5-12/h2-4,8,10H,5-7,9H2,1H3,(H,18,22). The largest absolute Gasteiger partial charge is 0.377 e. The average molecular weight is 316 g/mol. The molecule has 0 aliphatic carbocycles. The third kappa shape index (κ3) is 3.62. The number of benzene rings is 1. The van der Waals surface area contributed by atoms with Crippen molar-refractivity contribution >= 4 is 11.5 Å². The van der Waals surface area contributed by atoms with E-state index in [2.05, 4.69) is 15.6 Å². The molecule has 0 saturated carbocycles. The van der Waals surface area contributed by atoms with Crippen molar-refractivity contribution in [3.63, 3.8) is 0 Å². The fourth-order valence-electron chi connectivity index (χ4n) is 2.40. The van der Waals surface area contributed by atoms with Gasteiger partial charge < -0.3 is 10.1 Å². The second-order valence-electron chi connectivity index (χ2n) is 5.28. The molecule has 0 fully saturated rings. The number of hydrogen-bond donors (Lipinski definition) is 1. The first-order valence-electron chi connectivity index (χ1n) is 7.36. The van der Waals surface area contributed by atoms with Crippen LogP contribution in [-0.4, -0.2) is 34.1 Å². The van der Waals surface area contributed by atoms with Crippen molar-refractivity contribution in [2.24, 2.45) is 0 Å². The van der Waals surface area contributed by atoms with Gasteiger partial charge >= 0.3 is 0 Å². The van der Waals surface area contributed by atoms with Crippen LogP contribution in [0.1, 0.15) is 24.6 Å². The van der Waals surface area contributed by atoms with Crippen molar-refractivity contribution in [2.45, 2.75) is 19.9 Å². The van der Waals surface area contributed by atoms with E-state index in [4.69, 9.17) is 4.74 Å². The van der Waals surface area contributed by atoms with Crippen LogP contribution in [0.25, 0.3) is 11.3 Å². The van der Waals surface area contributed by atoms with E-state index < -0.39 is 0 Å².